The van der Waals surface area contributed by atoms with Crippen molar-refractivity contribution in [2.75, 3.05) is 32.5 Å². The van der Waals surface area contributed by atoms with E-state index < -0.39 is 0 Å². The summed E-state index contributed by atoms with van der Waals surface area (Å²) in [5.74, 6) is 1.37. The largest absolute Gasteiger partial charge is 0.495 e. The summed E-state index contributed by atoms with van der Waals surface area (Å²) in [7, 11) is 1.63. The zero-order valence-electron chi connectivity index (χ0n) is 11.6. The molecule has 1 atom stereocenters. The fraction of sp³-hybridized carbons (Fsp3) is 0.600. The van der Waals surface area contributed by atoms with Crippen LogP contribution in [0, 0.1) is 5.92 Å². The van der Waals surface area contributed by atoms with E-state index in [0.29, 0.717) is 18.2 Å². The van der Waals surface area contributed by atoms with Crippen LogP contribution in [0.3, 0.4) is 0 Å². The standard InChI is InChI=1S/C15H24N2O2/c1-19-15-5-4-13(9-14(15)16)11-17-7-2-3-12(10-17)6-8-18/h4-5,9,12,18H,2-3,6-8,10-11,16H2,1H3. The van der Waals surface area contributed by atoms with E-state index in [9.17, 15) is 0 Å². The van der Waals surface area contributed by atoms with Gasteiger partial charge >= 0.3 is 0 Å². The van der Waals surface area contributed by atoms with Crippen LogP contribution in [0.4, 0.5) is 5.69 Å². The minimum atomic E-state index is 0.300. The molecule has 1 aliphatic heterocycles. The van der Waals surface area contributed by atoms with Gasteiger partial charge in [-0.2, -0.15) is 0 Å². The van der Waals surface area contributed by atoms with Crippen LogP contribution in [0.25, 0.3) is 0 Å². The fourth-order valence-electron chi connectivity index (χ4n) is 2.85. The number of aliphatic hydroxyl groups is 1. The Morgan fingerprint density at radius 3 is 3.00 bits per heavy atom. The SMILES string of the molecule is COc1ccc(CN2CCCC(CCO)C2)cc1N. The van der Waals surface area contributed by atoms with Crippen LogP contribution in [0.1, 0.15) is 24.8 Å². The molecule has 106 valence electrons. The van der Waals surface area contributed by atoms with E-state index in [1.54, 1.807) is 7.11 Å². The van der Waals surface area contributed by atoms with Crippen LogP contribution in [0.15, 0.2) is 18.2 Å². The third-order valence-corrected chi connectivity index (χ3v) is 3.84. The number of benzene rings is 1. The molecule has 0 saturated carbocycles. The van der Waals surface area contributed by atoms with Gasteiger partial charge < -0.3 is 15.6 Å². The Bertz CT molecular complexity index is 407. The van der Waals surface area contributed by atoms with Gasteiger partial charge in [0.1, 0.15) is 5.75 Å². The number of anilines is 1. The number of hydrogen-bond acceptors (Lipinski definition) is 4. The molecular formula is C15H24N2O2. The summed E-state index contributed by atoms with van der Waals surface area (Å²) in [6.07, 6.45) is 3.37. The maximum absolute atomic E-state index is 9.04. The topological polar surface area (TPSA) is 58.7 Å². The van der Waals surface area contributed by atoms with Crippen molar-refractivity contribution in [3.8, 4) is 5.75 Å². The van der Waals surface area contributed by atoms with Crippen molar-refractivity contribution in [2.24, 2.45) is 5.92 Å². The number of likely N-dealkylation sites (tertiary alicyclic amines) is 1. The number of aliphatic hydroxyl groups excluding tert-OH is 1. The maximum atomic E-state index is 9.04. The first-order valence-corrected chi connectivity index (χ1v) is 6.98. The summed E-state index contributed by atoms with van der Waals surface area (Å²) in [6.45, 7) is 3.43. The van der Waals surface area contributed by atoms with Gasteiger partial charge in [-0.3, -0.25) is 4.90 Å². The van der Waals surface area contributed by atoms with E-state index in [-0.39, 0.29) is 0 Å². The zero-order valence-corrected chi connectivity index (χ0v) is 11.6. The maximum Gasteiger partial charge on any atom is 0.141 e. The van der Waals surface area contributed by atoms with Gasteiger partial charge in [-0.1, -0.05) is 6.07 Å². The van der Waals surface area contributed by atoms with Gasteiger partial charge in [0.15, 0.2) is 0 Å². The van der Waals surface area contributed by atoms with Crippen molar-refractivity contribution >= 4 is 5.69 Å². The van der Waals surface area contributed by atoms with Gasteiger partial charge in [0.25, 0.3) is 0 Å². The van der Waals surface area contributed by atoms with Crippen molar-refractivity contribution in [1.82, 2.24) is 4.90 Å². The van der Waals surface area contributed by atoms with Crippen molar-refractivity contribution < 1.29 is 9.84 Å². The van der Waals surface area contributed by atoms with Crippen LogP contribution >= 0.6 is 0 Å². The molecule has 1 aromatic rings. The highest BCUT2D eigenvalue weighted by atomic mass is 16.5. The molecule has 19 heavy (non-hydrogen) atoms. The monoisotopic (exact) mass is 264 g/mol. The van der Waals surface area contributed by atoms with Crippen LogP contribution in [-0.2, 0) is 6.54 Å². The second kappa shape index (κ2) is 6.78. The fourth-order valence-corrected chi connectivity index (χ4v) is 2.85. The number of nitrogen functional groups attached to an aromatic ring is 1. The first-order chi connectivity index (χ1) is 9.22. The second-order valence-electron chi connectivity index (χ2n) is 5.33. The van der Waals surface area contributed by atoms with E-state index in [0.717, 1.165) is 31.8 Å². The lowest BCUT2D eigenvalue weighted by molar-refractivity contribution is 0.142. The highest BCUT2D eigenvalue weighted by Gasteiger charge is 2.19. The number of nitrogens with zero attached hydrogens (tertiary/aromatic N) is 1. The Labute approximate surface area is 115 Å². The summed E-state index contributed by atoms with van der Waals surface area (Å²) >= 11 is 0. The molecule has 1 fully saturated rings. The normalized spacial score (nSPS) is 20.4. The van der Waals surface area contributed by atoms with E-state index in [1.807, 2.05) is 12.1 Å². The molecule has 0 aromatic heterocycles. The van der Waals surface area contributed by atoms with Gasteiger partial charge in [-0.25, -0.2) is 0 Å². The van der Waals surface area contributed by atoms with Crippen LogP contribution < -0.4 is 10.5 Å². The molecule has 0 spiro atoms. The molecule has 1 heterocycles. The number of methoxy groups -OCH3 is 1. The van der Waals surface area contributed by atoms with Crippen LogP contribution in [-0.4, -0.2) is 36.8 Å². The van der Waals surface area contributed by atoms with Crippen molar-refractivity contribution in [3.05, 3.63) is 23.8 Å². The van der Waals surface area contributed by atoms with Crippen molar-refractivity contribution in [1.29, 1.82) is 0 Å². The van der Waals surface area contributed by atoms with Gasteiger partial charge in [0, 0.05) is 19.7 Å². The second-order valence-corrected chi connectivity index (χ2v) is 5.33. The Balaban J connectivity index is 1.94. The van der Waals surface area contributed by atoms with E-state index in [1.165, 1.54) is 18.4 Å². The van der Waals surface area contributed by atoms with Gasteiger partial charge in [0.05, 0.1) is 12.8 Å². The highest BCUT2D eigenvalue weighted by molar-refractivity contribution is 5.54. The average molecular weight is 264 g/mol. The Hall–Kier alpha value is -1.26. The number of ether oxygens (including phenoxy) is 1. The molecule has 1 unspecified atom stereocenters. The molecule has 4 nitrogen and oxygen atoms in total. The summed E-state index contributed by atoms with van der Waals surface area (Å²) in [4.78, 5) is 2.45. The quantitative estimate of drug-likeness (QED) is 0.797. The lowest BCUT2D eigenvalue weighted by Crippen LogP contribution is -2.35. The lowest BCUT2D eigenvalue weighted by atomic mass is 9.95. The Kier molecular flexibility index (Phi) is 5.05. The molecule has 0 bridgehead atoms. The summed E-state index contributed by atoms with van der Waals surface area (Å²) in [6, 6.07) is 6.00. The number of hydrogen-bond donors (Lipinski definition) is 2. The zero-order chi connectivity index (χ0) is 13.7. The third kappa shape index (κ3) is 3.85. The van der Waals surface area contributed by atoms with Crippen LogP contribution in [0.2, 0.25) is 0 Å². The van der Waals surface area contributed by atoms with E-state index in [2.05, 4.69) is 11.0 Å². The molecule has 4 heteroatoms. The third-order valence-electron chi connectivity index (χ3n) is 3.84. The predicted molar refractivity (Wildman–Crippen MR) is 77.1 cm³/mol. The van der Waals surface area contributed by atoms with Crippen molar-refractivity contribution in [2.45, 2.75) is 25.8 Å². The van der Waals surface area contributed by atoms with Gasteiger partial charge in [-0.15, -0.1) is 0 Å². The minimum absolute atomic E-state index is 0.300. The van der Waals surface area contributed by atoms with E-state index >= 15 is 0 Å². The first kappa shape index (κ1) is 14.2. The summed E-state index contributed by atoms with van der Waals surface area (Å²) in [5.41, 5.74) is 7.86. The molecule has 1 saturated heterocycles. The van der Waals surface area contributed by atoms with E-state index in [4.69, 9.17) is 15.6 Å². The number of rotatable bonds is 5. The molecule has 1 aliphatic rings. The Morgan fingerprint density at radius 2 is 2.32 bits per heavy atom. The molecule has 0 amide bonds. The molecular weight excluding hydrogens is 240 g/mol. The molecule has 2 rings (SSSR count). The molecule has 3 N–H and O–H groups in total. The average Bonchev–Trinajstić information content (AvgIpc) is 2.40. The lowest BCUT2D eigenvalue weighted by Gasteiger charge is -2.32. The predicted octanol–water partition coefficient (Wildman–Crippen LogP) is 1.87. The van der Waals surface area contributed by atoms with Crippen LogP contribution in [0.5, 0.6) is 5.75 Å². The molecule has 0 radical (unpaired) electrons. The smallest absolute Gasteiger partial charge is 0.141 e. The minimum Gasteiger partial charge on any atom is -0.495 e. The summed E-state index contributed by atoms with van der Waals surface area (Å²) < 4.78 is 5.17. The Morgan fingerprint density at radius 1 is 1.47 bits per heavy atom. The van der Waals surface area contributed by atoms with Gasteiger partial charge in [-0.05, 0) is 49.4 Å². The highest BCUT2D eigenvalue weighted by Crippen LogP contribution is 2.25. The summed E-state index contributed by atoms with van der Waals surface area (Å²) in [5, 5.41) is 9.04. The molecule has 0 aliphatic carbocycles. The van der Waals surface area contributed by atoms with Gasteiger partial charge in [0.2, 0.25) is 0 Å². The number of piperidine rings is 1. The van der Waals surface area contributed by atoms with Crippen molar-refractivity contribution in [3.63, 3.8) is 0 Å². The number of nitrogens with two attached hydrogens (primary N) is 1. The molecule has 1 aromatic carbocycles. The first-order valence-electron chi connectivity index (χ1n) is 6.98.